The third kappa shape index (κ3) is 4.31. The van der Waals surface area contributed by atoms with Gasteiger partial charge in [-0.25, -0.2) is 0 Å². The average Bonchev–Trinajstić information content (AvgIpc) is 3.29. The molecule has 110 valence electrons. The van der Waals surface area contributed by atoms with Gasteiger partial charge in [-0.05, 0) is 61.6 Å². The van der Waals surface area contributed by atoms with Gasteiger partial charge < -0.3 is 4.74 Å². The molecule has 1 aliphatic heterocycles. The first-order valence-electron chi connectivity index (χ1n) is 7.52. The SMILES string of the molecule is Clc1cc(CCN2CCCSC2)ccc1OCC1CC1. The van der Waals surface area contributed by atoms with Crippen LogP contribution in [0.5, 0.6) is 5.75 Å². The molecule has 20 heavy (non-hydrogen) atoms. The summed E-state index contributed by atoms with van der Waals surface area (Å²) in [5.74, 6) is 4.10. The van der Waals surface area contributed by atoms with E-state index in [1.165, 1.54) is 43.0 Å². The first-order valence-corrected chi connectivity index (χ1v) is 9.06. The Morgan fingerprint density at radius 2 is 2.25 bits per heavy atom. The zero-order valence-electron chi connectivity index (χ0n) is 11.8. The number of nitrogens with zero attached hydrogens (tertiary/aromatic N) is 1. The molecule has 2 fully saturated rings. The lowest BCUT2D eigenvalue weighted by atomic mass is 10.1. The van der Waals surface area contributed by atoms with E-state index in [9.17, 15) is 0 Å². The van der Waals surface area contributed by atoms with Crippen molar-refractivity contribution in [2.45, 2.75) is 25.7 Å². The zero-order valence-corrected chi connectivity index (χ0v) is 13.4. The van der Waals surface area contributed by atoms with Crippen molar-refractivity contribution >= 4 is 23.4 Å². The summed E-state index contributed by atoms with van der Waals surface area (Å²) >= 11 is 8.35. The van der Waals surface area contributed by atoms with Crippen molar-refractivity contribution in [3.05, 3.63) is 28.8 Å². The third-order valence-electron chi connectivity index (χ3n) is 3.92. The standard InChI is InChI=1S/C16H22ClNOS/c17-15-10-13(6-8-18-7-1-9-20-12-18)4-5-16(15)19-11-14-2-3-14/h4-5,10,14H,1-3,6-9,11-12H2. The molecule has 0 N–H and O–H groups in total. The molecule has 0 amide bonds. The molecule has 3 rings (SSSR count). The molecule has 1 saturated carbocycles. The van der Waals surface area contributed by atoms with Gasteiger partial charge in [-0.2, -0.15) is 0 Å². The highest BCUT2D eigenvalue weighted by Crippen LogP contribution is 2.32. The van der Waals surface area contributed by atoms with Gasteiger partial charge in [-0.1, -0.05) is 17.7 Å². The van der Waals surface area contributed by atoms with Crippen molar-refractivity contribution in [3.8, 4) is 5.75 Å². The summed E-state index contributed by atoms with van der Waals surface area (Å²) in [6.07, 6.45) is 5.01. The summed E-state index contributed by atoms with van der Waals surface area (Å²) in [5, 5.41) is 0.760. The first-order chi connectivity index (χ1) is 9.81. The second-order valence-corrected chi connectivity index (χ2v) is 7.26. The Kier molecular flexibility index (Phi) is 5.14. The van der Waals surface area contributed by atoms with Gasteiger partial charge in [0.1, 0.15) is 5.75 Å². The lowest BCUT2D eigenvalue weighted by Gasteiger charge is -2.25. The van der Waals surface area contributed by atoms with Crippen LogP contribution in [-0.4, -0.2) is 36.2 Å². The predicted octanol–water partition coefficient (Wildman–Crippen LogP) is 4.07. The minimum atomic E-state index is 0.760. The monoisotopic (exact) mass is 311 g/mol. The minimum absolute atomic E-state index is 0.760. The van der Waals surface area contributed by atoms with E-state index in [4.69, 9.17) is 16.3 Å². The Labute approximate surface area is 130 Å². The molecule has 1 aromatic rings. The Bertz CT molecular complexity index is 444. The molecule has 1 aromatic carbocycles. The highest BCUT2D eigenvalue weighted by molar-refractivity contribution is 7.99. The molecule has 1 heterocycles. The number of hydrogen-bond acceptors (Lipinski definition) is 3. The second-order valence-electron chi connectivity index (χ2n) is 5.78. The highest BCUT2D eigenvalue weighted by atomic mass is 35.5. The third-order valence-corrected chi connectivity index (χ3v) is 5.34. The number of thioether (sulfide) groups is 1. The lowest BCUT2D eigenvalue weighted by molar-refractivity contribution is 0.299. The molecule has 4 heteroatoms. The van der Waals surface area contributed by atoms with Crippen molar-refractivity contribution < 1.29 is 4.74 Å². The van der Waals surface area contributed by atoms with Crippen molar-refractivity contribution in [3.63, 3.8) is 0 Å². The van der Waals surface area contributed by atoms with Crippen LogP contribution in [0.2, 0.25) is 5.02 Å². The van der Waals surface area contributed by atoms with E-state index < -0.39 is 0 Å². The van der Waals surface area contributed by atoms with E-state index in [1.54, 1.807) is 0 Å². The van der Waals surface area contributed by atoms with Gasteiger partial charge in [0.15, 0.2) is 0 Å². The minimum Gasteiger partial charge on any atom is -0.492 e. The van der Waals surface area contributed by atoms with Gasteiger partial charge in [0.25, 0.3) is 0 Å². The topological polar surface area (TPSA) is 12.5 Å². The van der Waals surface area contributed by atoms with Gasteiger partial charge in [0, 0.05) is 12.4 Å². The molecule has 1 saturated heterocycles. The van der Waals surface area contributed by atoms with Gasteiger partial charge >= 0.3 is 0 Å². The summed E-state index contributed by atoms with van der Waals surface area (Å²) in [4.78, 5) is 2.53. The van der Waals surface area contributed by atoms with Crippen LogP contribution in [0.25, 0.3) is 0 Å². The summed E-state index contributed by atoms with van der Waals surface area (Å²) in [7, 11) is 0. The highest BCUT2D eigenvalue weighted by Gasteiger charge is 2.22. The molecule has 1 aliphatic carbocycles. The second kappa shape index (κ2) is 7.06. The lowest BCUT2D eigenvalue weighted by Crippen LogP contribution is -2.30. The van der Waals surface area contributed by atoms with Gasteiger partial charge in [0.05, 0.1) is 11.6 Å². The maximum atomic E-state index is 6.31. The first kappa shape index (κ1) is 14.6. The van der Waals surface area contributed by atoms with E-state index in [0.29, 0.717) is 0 Å². The maximum Gasteiger partial charge on any atom is 0.137 e. The number of ether oxygens (including phenoxy) is 1. The Morgan fingerprint density at radius 1 is 1.35 bits per heavy atom. The molecular formula is C16H22ClNOS. The van der Waals surface area contributed by atoms with Crippen molar-refractivity contribution in [2.24, 2.45) is 5.92 Å². The van der Waals surface area contributed by atoms with Crippen LogP contribution < -0.4 is 4.74 Å². The Balaban J connectivity index is 1.49. The van der Waals surface area contributed by atoms with Crippen molar-refractivity contribution in [1.29, 1.82) is 0 Å². The zero-order chi connectivity index (χ0) is 13.8. The molecular weight excluding hydrogens is 290 g/mol. The van der Waals surface area contributed by atoms with Crippen molar-refractivity contribution in [1.82, 2.24) is 4.90 Å². The normalized spacial score (nSPS) is 20.1. The van der Waals surface area contributed by atoms with Crippen molar-refractivity contribution in [2.75, 3.05) is 31.3 Å². The average molecular weight is 312 g/mol. The van der Waals surface area contributed by atoms with Crippen LogP contribution in [0.15, 0.2) is 18.2 Å². The fourth-order valence-corrected chi connectivity index (χ4v) is 3.66. The largest absolute Gasteiger partial charge is 0.492 e. The molecule has 0 atom stereocenters. The molecule has 0 unspecified atom stereocenters. The number of hydrogen-bond donors (Lipinski definition) is 0. The van der Waals surface area contributed by atoms with Crippen LogP contribution in [0.4, 0.5) is 0 Å². The maximum absolute atomic E-state index is 6.31. The molecule has 0 radical (unpaired) electrons. The smallest absolute Gasteiger partial charge is 0.137 e. The molecule has 2 nitrogen and oxygen atoms in total. The number of benzene rings is 1. The molecule has 0 spiro atoms. The predicted molar refractivity (Wildman–Crippen MR) is 86.9 cm³/mol. The summed E-state index contributed by atoms with van der Waals surface area (Å²) in [6.45, 7) is 3.19. The quantitative estimate of drug-likeness (QED) is 0.786. The molecule has 0 bridgehead atoms. The summed E-state index contributed by atoms with van der Waals surface area (Å²) < 4.78 is 5.76. The molecule has 0 aromatic heterocycles. The van der Waals surface area contributed by atoms with Crippen LogP contribution in [-0.2, 0) is 6.42 Å². The fraction of sp³-hybridized carbons (Fsp3) is 0.625. The van der Waals surface area contributed by atoms with Gasteiger partial charge in [0.2, 0.25) is 0 Å². The van der Waals surface area contributed by atoms with E-state index in [2.05, 4.69) is 17.0 Å². The number of halogens is 1. The Hall–Kier alpha value is -0.380. The Morgan fingerprint density at radius 3 is 2.95 bits per heavy atom. The fourth-order valence-electron chi connectivity index (χ4n) is 2.42. The van der Waals surface area contributed by atoms with Gasteiger partial charge in [-0.15, -0.1) is 11.8 Å². The van der Waals surface area contributed by atoms with E-state index >= 15 is 0 Å². The van der Waals surface area contributed by atoms with E-state index in [0.717, 1.165) is 36.3 Å². The van der Waals surface area contributed by atoms with E-state index in [1.807, 2.05) is 17.8 Å². The van der Waals surface area contributed by atoms with Crippen LogP contribution in [0, 0.1) is 5.92 Å². The number of rotatable bonds is 6. The van der Waals surface area contributed by atoms with Gasteiger partial charge in [-0.3, -0.25) is 4.90 Å². The van der Waals surface area contributed by atoms with Crippen LogP contribution in [0.1, 0.15) is 24.8 Å². The summed E-state index contributed by atoms with van der Waals surface area (Å²) in [5.41, 5.74) is 1.31. The molecule has 2 aliphatic rings. The summed E-state index contributed by atoms with van der Waals surface area (Å²) in [6, 6.07) is 6.26. The van der Waals surface area contributed by atoms with Crippen LogP contribution in [0.3, 0.4) is 0 Å². The van der Waals surface area contributed by atoms with E-state index in [-0.39, 0.29) is 0 Å². The van der Waals surface area contributed by atoms with Crippen LogP contribution >= 0.6 is 23.4 Å².